The minimum atomic E-state index is -0.779. The van der Waals surface area contributed by atoms with Gasteiger partial charge in [-0.15, -0.1) is 12.4 Å². The summed E-state index contributed by atoms with van der Waals surface area (Å²) in [5.41, 5.74) is 0.770. The summed E-state index contributed by atoms with van der Waals surface area (Å²) in [5.74, 6) is 0.441. The van der Waals surface area contributed by atoms with Crippen LogP contribution in [0, 0.1) is 6.92 Å². The van der Waals surface area contributed by atoms with Crippen LogP contribution in [0.15, 0.2) is 0 Å². The fourth-order valence-electron chi connectivity index (χ4n) is 2.90. The maximum absolute atomic E-state index is 12.6. The molecule has 22 heavy (non-hydrogen) atoms. The second kappa shape index (κ2) is 6.23. The van der Waals surface area contributed by atoms with Crippen molar-refractivity contribution in [3.8, 4) is 0 Å². The number of hydrogen-bond donors (Lipinski definition) is 3. The fourth-order valence-corrected chi connectivity index (χ4v) is 2.90. The number of nitrogens with one attached hydrogen (secondary N) is 3. The van der Waals surface area contributed by atoms with E-state index in [1.807, 2.05) is 14.0 Å². The Bertz CT molecular complexity index is 673. The summed E-state index contributed by atoms with van der Waals surface area (Å²) in [5, 5.41) is 18.4. The first-order valence-corrected chi connectivity index (χ1v) is 7.02. The van der Waals surface area contributed by atoms with Crippen LogP contribution < -0.4 is 10.6 Å². The second-order valence-corrected chi connectivity index (χ2v) is 5.41. The minimum absolute atomic E-state index is 0. The highest BCUT2D eigenvalue weighted by Crippen LogP contribution is 2.27. The summed E-state index contributed by atoms with van der Waals surface area (Å²) < 4.78 is 7.22. The number of fused-ring (bicyclic) bond motifs is 1. The van der Waals surface area contributed by atoms with Crippen molar-refractivity contribution in [2.45, 2.75) is 25.4 Å². The summed E-state index contributed by atoms with van der Waals surface area (Å²) >= 11 is 0. The van der Waals surface area contributed by atoms with E-state index in [-0.39, 0.29) is 18.3 Å². The topological polar surface area (TPSA) is 96.9 Å². The van der Waals surface area contributed by atoms with Gasteiger partial charge in [-0.2, -0.15) is 10.2 Å². The normalized spacial score (nSPS) is 17.2. The van der Waals surface area contributed by atoms with Crippen molar-refractivity contribution >= 4 is 35.2 Å². The molecule has 1 fully saturated rings. The molecule has 1 saturated heterocycles. The lowest BCUT2D eigenvalue weighted by Crippen LogP contribution is -2.51. The van der Waals surface area contributed by atoms with Crippen LogP contribution in [0.4, 0.5) is 5.82 Å². The molecule has 0 spiro atoms. The van der Waals surface area contributed by atoms with Crippen molar-refractivity contribution in [2.75, 3.05) is 25.5 Å². The van der Waals surface area contributed by atoms with Crippen LogP contribution in [0.5, 0.6) is 0 Å². The summed E-state index contributed by atoms with van der Waals surface area (Å²) in [6.07, 6.45) is 1.30. The van der Waals surface area contributed by atoms with Crippen molar-refractivity contribution in [3.63, 3.8) is 0 Å². The van der Waals surface area contributed by atoms with E-state index in [9.17, 15) is 4.79 Å². The average molecular weight is 329 g/mol. The number of ether oxygens (including phenoxy) is 1. The van der Waals surface area contributed by atoms with Crippen molar-refractivity contribution in [3.05, 3.63) is 5.69 Å². The summed E-state index contributed by atoms with van der Waals surface area (Å²) in [7, 11) is 3.41. The SMILES string of the molecule is COC1(C(=O)Nc2[nH]nc3c2c(C)nn3C)CCNCC1.Cl. The third-order valence-electron chi connectivity index (χ3n) is 4.17. The van der Waals surface area contributed by atoms with Gasteiger partial charge in [0.15, 0.2) is 5.65 Å². The Labute approximate surface area is 134 Å². The largest absolute Gasteiger partial charge is 0.368 e. The first-order valence-electron chi connectivity index (χ1n) is 7.02. The summed E-state index contributed by atoms with van der Waals surface area (Å²) in [6.45, 7) is 3.43. The van der Waals surface area contributed by atoms with E-state index in [1.165, 1.54) is 0 Å². The number of halogens is 1. The van der Waals surface area contributed by atoms with Gasteiger partial charge in [-0.25, -0.2) is 4.68 Å². The van der Waals surface area contributed by atoms with Crippen LogP contribution in [-0.2, 0) is 16.6 Å². The Morgan fingerprint density at radius 1 is 1.41 bits per heavy atom. The Morgan fingerprint density at radius 3 is 2.73 bits per heavy atom. The van der Waals surface area contributed by atoms with Gasteiger partial charge >= 0.3 is 0 Å². The van der Waals surface area contributed by atoms with Gasteiger partial charge in [0.25, 0.3) is 5.91 Å². The Hall–Kier alpha value is -1.64. The van der Waals surface area contributed by atoms with Crippen molar-refractivity contribution < 1.29 is 9.53 Å². The van der Waals surface area contributed by atoms with Crippen LogP contribution in [-0.4, -0.2) is 51.7 Å². The Morgan fingerprint density at radius 2 is 2.09 bits per heavy atom. The zero-order valence-electron chi connectivity index (χ0n) is 12.9. The molecule has 0 bridgehead atoms. The highest BCUT2D eigenvalue weighted by Gasteiger charge is 2.40. The van der Waals surface area contributed by atoms with Crippen molar-refractivity contribution in [1.29, 1.82) is 0 Å². The average Bonchev–Trinajstić information content (AvgIpc) is 3.03. The zero-order valence-corrected chi connectivity index (χ0v) is 13.7. The summed E-state index contributed by atoms with van der Waals surface area (Å²) in [4.78, 5) is 12.6. The standard InChI is InChI=1S/C13H20N6O2.ClH/c1-8-9-10(16-17-11(9)19(2)18-8)15-12(20)13(21-3)4-6-14-7-5-13;/h14H,4-7H2,1-3H3,(H2,15,16,17,20);1H. The number of rotatable bonds is 3. The number of nitrogens with zero attached hydrogens (tertiary/aromatic N) is 3. The number of aromatic nitrogens is 4. The van der Waals surface area contributed by atoms with Crippen LogP contribution >= 0.6 is 12.4 Å². The smallest absolute Gasteiger partial charge is 0.257 e. The molecule has 8 nitrogen and oxygen atoms in total. The molecule has 122 valence electrons. The number of H-pyrrole nitrogens is 1. The molecule has 0 saturated carbocycles. The number of carbonyl (C=O) groups is 1. The third-order valence-corrected chi connectivity index (χ3v) is 4.17. The Kier molecular flexibility index (Phi) is 4.74. The number of aryl methyl sites for hydroxylation is 2. The monoisotopic (exact) mass is 328 g/mol. The molecule has 3 heterocycles. The van der Waals surface area contributed by atoms with Crippen LogP contribution in [0.25, 0.3) is 11.0 Å². The number of hydrogen-bond acceptors (Lipinski definition) is 5. The van der Waals surface area contributed by atoms with Gasteiger partial charge in [-0.05, 0) is 32.9 Å². The highest BCUT2D eigenvalue weighted by atomic mass is 35.5. The van der Waals surface area contributed by atoms with E-state index < -0.39 is 5.60 Å². The molecule has 1 aliphatic heterocycles. The lowest BCUT2D eigenvalue weighted by Gasteiger charge is -2.34. The van der Waals surface area contributed by atoms with Gasteiger partial charge in [0.2, 0.25) is 0 Å². The van der Waals surface area contributed by atoms with E-state index in [0.29, 0.717) is 18.7 Å². The van der Waals surface area contributed by atoms with Gasteiger partial charge in [-0.3, -0.25) is 9.89 Å². The molecule has 1 amide bonds. The predicted octanol–water partition coefficient (Wildman–Crippen LogP) is 0.734. The maximum Gasteiger partial charge on any atom is 0.257 e. The van der Waals surface area contributed by atoms with Crippen molar-refractivity contribution in [2.24, 2.45) is 7.05 Å². The third kappa shape index (κ3) is 2.57. The zero-order chi connectivity index (χ0) is 15.0. The molecule has 2 aromatic rings. The van der Waals surface area contributed by atoms with Crippen molar-refractivity contribution in [1.82, 2.24) is 25.3 Å². The summed E-state index contributed by atoms with van der Waals surface area (Å²) in [6, 6.07) is 0. The molecular formula is C13H21ClN6O2. The lowest BCUT2D eigenvalue weighted by atomic mass is 9.91. The number of anilines is 1. The van der Waals surface area contributed by atoms with Crippen LogP contribution in [0.1, 0.15) is 18.5 Å². The van der Waals surface area contributed by atoms with Gasteiger partial charge < -0.3 is 15.4 Å². The number of piperidine rings is 1. The Balaban J connectivity index is 0.00000176. The lowest BCUT2D eigenvalue weighted by molar-refractivity contribution is -0.140. The van der Waals surface area contributed by atoms with Gasteiger partial charge in [0, 0.05) is 14.2 Å². The van der Waals surface area contributed by atoms with Gasteiger partial charge in [-0.1, -0.05) is 0 Å². The molecule has 2 aromatic heterocycles. The molecule has 0 unspecified atom stereocenters. The molecule has 3 N–H and O–H groups in total. The number of amides is 1. The molecular weight excluding hydrogens is 308 g/mol. The van der Waals surface area contributed by atoms with Crippen LogP contribution in [0.2, 0.25) is 0 Å². The molecule has 1 aliphatic rings. The minimum Gasteiger partial charge on any atom is -0.368 e. The molecule has 0 radical (unpaired) electrons. The molecule has 3 rings (SSSR count). The van der Waals surface area contributed by atoms with Crippen LogP contribution in [0.3, 0.4) is 0 Å². The number of carbonyl (C=O) groups excluding carboxylic acids is 1. The molecule has 0 aliphatic carbocycles. The number of methoxy groups -OCH3 is 1. The predicted molar refractivity (Wildman–Crippen MR) is 85.3 cm³/mol. The molecule has 0 atom stereocenters. The van der Waals surface area contributed by atoms with E-state index in [4.69, 9.17) is 4.74 Å². The second-order valence-electron chi connectivity index (χ2n) is 5.41. The quantitative estimate of drug-likeness (QED) is 0.772. The first kappa shape index (κ1) is 16.7. The molecule has 0 aromatic carbocycles. The van der Waals surface area contributed by atoms with E-state index in [2.05, 4.69) is 25.9 Å². The van der Waals surface area contributed by atoms with E-state index >= 15 is 0 Å². The maximum atomic E-state index is 12.6. The molecule has 9 heteroatoms. The highest BCUT2D eigenvalue weighted by molar-refractivity contribution is 6.03. The van der Waals surface area contributed by atoms with E-state index in [0.717, 1.165) is 29.8 Å². The van der Waals surface area contributed by atoms with E-state index in [1.54, 1.807) is 11.8 Å². The number of aromatic amines is 1. The van der Waals surface area contributed by atoms with Gasteiger partial charge in [0.05, 0.1) is 11.1 Å². The van der Waals surface area contributed by atoms with Gasteiger partial charge in [0.1, 0.15) is 11.4 Å². The first-order chi connectivity index (χ1) is 10.1. The fraction of sp³-hybridized carbons (Fsp3) is 0.615.